The van der Waals surface area contributed by atoms with Crippen LogP contribution in [0, 0.1) is 5.41 Å². The van der Waals surface area contributed by atoms with Gasteiger partial charge in [-0.15, -0.1) is 11.6 Å². The van der Waals surface area contributed by atoms with Crippen LogP contribution < -0.4 is 4.90 Å². The quantitative estimate of drug-likeness (QED) is 0.772. The predicted molar refractivity (Wildman–Crippen MR) is 71.4 cm³/mol. The minimum absolute atomic E-state index is 0.432. The van der Waals surface area contributed by atoms with Gasteiger partial charge in [0.15, 0.2) is 0 Å². The van der Waals surface area contributed by atoms with Crippen molar-refractivity contribution >= 4 is 17.4 Å². The van der Waals surface area contributed by atoms with Crippen LogP contribution >= 0.6 is 11.6 Å². The molecule has 0 aromatic carbocycles. The molecule has 0 saturated carbocycles. The first-order valence-corrected chi connectivity index (χ1v) is 6.88. The molecule has 0 bridgehead atoms. The molecular formula is C13H20ClN3. The van der Waals surface area contributed by atoms with Crippen LogP contribution in [0.2, 0.25) is 0 Å². The Balaban J connectivity index is 2.14. The third-order valence-electron chi connectivity index (χ3n) is 4.07. The van der Waals surface area contributed by atoms with Crippen LogP contribution in [-0.2, 0) is 5.88 Å². The Hall–Kier alpha value is -0.830. The van der Waals surface area contributed by atoms with Gasteiger partial charge >= 0.3 is 0 Å². The summed E-state index contributed by atoms with van der Waals surface area (Å²) in [5, 5.41) is 0. The van der Waals surface area contributed by atoms with Gasteiger partial charge in [0.2, 0.25) is 0 Å². The zero-order valence-electron chi connectivity index (χ0n) is 10.6. The zero-order chi connectivity index (χ0) is 12.3. The molecule has 3 nitrogen and oxygen atoms in total. The van der Waals surface area contributed by atoms with Gasteiger partial charge in [-0.3, -0.25) is 4.98 Å². The molecule has 0 N–H and O–H groups in total. The minimum atomic E-state index is 0.432. The van der Waals surface area contributed by atoms with Crippen LogP contribution in [-0.4, -0.2) is 23.1 Å². The van der Waals surface area contributed by atoms with Gasteiger partial charge in [0.05, 0.1) is 17.8 Å². The van der Waals surface area contributed by atoms with E-state index in [1.165, 1.54) is 19.3 Å². The Morgan fingerprint density at radius 2 is 2.12 bits per heavy atom. The van der Waals surface area contributed by atoms with E-state index in [0.717, 1.165) is 24.6 Å². The zero-order valence-corrected chi connectivity index (χ0v) is 11.4. The summed E-state index contributed by atoms with van der Waals surface area (Å²) >= 11 is 5.80. The summed E-state index contributed by atoms with van der Waals surface area (Å²) in [4.78, 5) is 11.1. The van der Waals surface area contributed by atoms with Crippen molar-refractivity contribution < 1.29 is 0 Å². The number of rotatable bonds is 4. The Morgan fingerprint density at radius 1 is 1.35 bits per heavy atom. The molecule has 1 aliphatic heterocycles. The van der Waals surface area contributed by atoms with Gasteiger partial charge in [0.25, 0.3) is 0 Å². The third kappa shape index (κ3) is 2.54. The van der Waals surface area contributed by atoms with Crippen molar-refractivity contribution in [3.63, 3.8) is 0 Å². The predicted octanol–water partition coefficient (Wildman–Crippen LogP) is 3.23. The van der Waals surface area contributed by atoms with Crippen LogP contribution in [0.25, 0.3) is 0 Å². The van der Waals surface area contributed by atoms with E-state index in [9.17, 15) is 0 Å². The first-order valence-electron chi connectivity index (χ1n) is 6.35. The van der Waals surface area contributed by atoms with Crippen molar-refractivity contribution in [2.24, 2.45) is 5.41 Å². The maximum Gasteiger partial charge on any atom is 0.147 e. The van der Waals surface area contributed by atoms with Crippen LogP contribution in [0.4, 0.5) is 5.82 Å². The highest BCUT2D eigenvalue weighted by atomic mass is 35.5. The van der Waals surface area contributed by atoms with E-state index in [-0.39, 0.29) is 0 Å². The number of hydrogen-bond donors (Lipinski definition) is 0. The highest BCUT2D eigenvalue weighted by molar-refractivity contribution is 6.16. The summed E-state index contributed by atoms with van der Waals surface area (Å²) < 4.78 is 0. The lowest BCUT2D eigenvalue weighted by Gasteiger charge is -2.26. The molecule has 0 atom stereocenters. The maximum atomic E-state index is 5.80. The van der Waals surface area contributed by atoms with Crippen molar-refractivity contribution in [1.82, 2.24) is 9.97 Å². The topological polar surface area (TPSA) is 29.0 Å². The standard InChI is InChI=1S/C13H20ClN3/c1-3-13(4-2)5-6-17(10-13)12-9-15-8-11(7-14)16-12/h8-9H,3-7,10H2,1-2H3. The number of halogens is 1. The smallest absolute Gasteiger partial charge is 0.147 e. The van der Waals surface area contributed by atoms with Gasteiger partial charge in [-0.1, -0.05) is 13.8 Å². The van der Waals surface area contributed by atoms with E-state index in [1.807, 2.05) is 6.20 Å². The Kier molecular flexibility index (Phi) is 3.87. The SMILES string of the molecule is CCC1(CC)CCN(c2cncc(CCl)n2)C1. The van der Waals surface area contributed by atoms with Gasteiger partial charge in [0, 0.05) is 19.3 Å². The second kappa shape index (κ2) is 5.21. The molecule has 1 aromatic rings. The van der Waals surface area contributed by atoms with Gasteiger partial charge < -0.3 is 4.90 Å². The molecule has 1 aliphatic rings. The lowest BCUT2D eigenvalue weighted by Crippen LogP contribution is -2.27. The summed E-state index contributed by atoms with van der Waals surface area (Å²) in [5.74, 6) is 1.41. The average Bonchev–Trinajstić information content (AvgIpc) is 2.84. The number of hydrogen-bond acceptors (Lipinski definition) is 3. The van der Waals surface area contributed by atoms with Crippen molar-refractivity contribution in [2.75, 3.05) is 18.0 Å². The molecule has 0 aliphatic carbocycles. The highest BCUT2D eigenvalue weighted by Crippen LogP contribution is 2.38. The largest absolute Gasteiger partial charge is 0.355 e. The normalized spacial score (nSPS) is 18.6. The maximum absolute atomic E-state index is 5.80. The molecule has 1 aromatic heterocycles. The van der Waals surface area contributed by atoms with Crippen molar-refractivity contribution in [3.05, 3.63) is 18.1 Å². The molecule has 1 fully saturated rings. The third-order valence-corrected chi connectivity index (χ3v) is 4.34. The van der Waals surface area contributed by atoms with Gasteiger partial charge in [-0.05, 0) is 24.7 Å². The molecule has 0 unspecified atom stereocenters. The summed E-state index contributed by atoms with van der Waals surface area (Å²) in [6, 6.07) is 0. The molecule has 94 valence electrons. The average molecular weight is 254 g/mol. The van der Waals surface area contributed by atoms with E-state index >= 15 is 0 Å². The number of nitrogens with zero attached hydrogens (tertiary/aromatic N) is 3. The van der Waals surface area contributed by atoms with Gasteiger partial charge in [-0.2, -0.15) is 0 Å². The lowest BCUT2D eigenvalue weighted by atomic mass is 9.82. The second-order valence-electron chi connectivity index (χ2n) is 4.88. The first kappa shape index (κ1) is 12.6. The molecule has 0 spiro atoms. The Labute approximate surface area is 108 Å². The number of alkyl halides is 1. The summed E-state index contributed by atoms with van der Waals surface area (Å²) in [5.41, 5.74) is 1.33. The lowest BCUT2D eigenvalue weighted by molar-refractivity contribution is 0.301. The number of anilines is 1. The minimum Gasteiger partial charge on any atom is -0.355 e. The molecule has 1 saturated heterocycles. The summed E-state index contributed by atoms with van der Waals surface area (Å²) in [6.07, 6.45) is 7.31. The van der Waals surface area contributed by atoms with Crippen LogP contribution in [0.3, 0.4) is 0 Å². The Morgan fingerprint density at radius 3 is 2.71 bits per heavy atom. The Bertz CT molecular complexity index is 377. The fourth-order valence-corrected chi connectivity index (χ4v) is 2.70. The highest BCUT2D eigenvalue weighted by Gasteiger charge is 2.35. The van der Waals surface area contributed by atoms with Gasteiger partial charge in [0.1, 0.15) is 5.82 Å². The fraction of sp³-hybridized carbons (Fsp3) is 0.692. The monoisotopic (exact) mass is 253 g/mol. The van der Waals surface area contributed by atoms with Crippen LogP contribution in [0.15, 0.2) is 12.4 Å². The van der Waals surface area contributed by atoms with Crippen LogP contribution in [0.1, 0.15) is 38.8 Å². The van der Waals surface area contributed by atoms with E-state index in [1.54, 1.807) is 6.20 Å². The molecule has 2 heterocycles. The van der Waals surface area contributed by atoms with Gasteiger partial charge in [-0.25, -0.2) is 4.98 Å². The van der Waals surface area contributed by atoms with E-state index in [2.05, 4.69) is 28.7 Å². The van der Waals surface area contributed by atoms with Crippen molar-refractivity contribution in [2.45, 2.75) is 39.0 Å². The molecule has 17 heavy (non-hydrogen) atoms. The number of aromatic nitrogens is 2. The van der Waals surface area contributed by atoms with Crippen molar-refractivity contribution in [1.29, 1.82) is 0 Å². The molecular weight excluding hydrogens is 234 g/mol. The molecule has 0 amide bonds. The summed E-state index contributed by atoms with van der Waals surface area (Å²) in [6.45, 7) is 6.75. The fourth-order valence-electron chi connectivity index (χ4n) is 2.57. The molecule has 2 rings (SSSR count). The van der Waals surface area contributed by atoms with Crippen molar-refractivity contribution in [3.8, 4) is 0 Å². The summed E-state index contributed by atoms with van der Waals surface area (Å²) in [7, 11) is 0. The second-order valence-corrected chi connectivity index (χ2v) is 5.15. The molecule has 4 heteroatoms. The van der Waals surface area contributed by atoms with E-state index in [4.69, 9.17) is 11.6 Å². The van der Waals surface area contributed by atoms with Crippen LogP contribution in [0.5, 0.6) is 0 Å². The van der Waals surface area contributed by atoms with E-state index < -0.39 is 0 Å². The first-order chi connectivity index (χ1) is 8.23. The molecule has 0 radical (unpaired) electrons. The van der Waals surface area contributed by atoms with E-state index in [0.29, 0.717) is 11.3 Å².